The summed E-state index contributed by atoms with van der Waals surface area (Å²) in [5, 5.41) is 9.89. The third kappa shape index (κ3) is 3.81. The van der Waals surface area contributed by atoms with Gasteiger partial charge in [0.1, 0.15) is 5.82 Å². The number of benzene rings is 1. The van der Waals surface area contributed by atoms with Gasteiger partial charge >= 0.3 is 0 Å². The van der Waals surface area contributed by atoms with Crippen LogP contribution in [-0.4, -0.2) is 22.2 Å². The van der Waals surface area contributed by atoms with Crippen LogP contribution < -0.4 is 10.6 Å². The molecule has 0 unspecified atom stereocenters. The predicted molar refractivity (Wildman–Crippen MR) is 79.6 cm³/mol. The van der Waals surface area contributed by atoms with E-state index in [1.54, 1.807) is 16.9 Å². The lowest BCUT2D eigenvalue weighted by atomic mass is 10.1. The van der Waals surface area contributed by atoms with Crippen molar-refractivity contribution in [1.29, 1.82) is 0 Å². The number of hydrogen-bond donors (Lipinski definition) is 2. The summed E-state index contributed by atoms with van der Waals surface area (Å²) < 4.78 is 15.5. The molecule has 2 aromatic rings. The Labute approximate surface area is 123 Å². The number of para-hydroxylation sites is 1. The Kier molecular flexibility index (Phi) is 4.92. The fraction of sp³-hybridized carbons (Fsp3) is 0.333. The quantitative estimate of drug-likeness (QED) is 0.858. The van der Waals surface area contributed by atoms with Crippen LogP contribution in [0.5, 0.6) is 0 Å². The molecule has 0 aliphatic heterocycles. The highest BCUT2D eigenvalue weighted by Crippen LogP contribution is 2.19. The zero-order valence-corrected chi connectivity index (χ0v) is 12.2. The molecular weight excluding hydrogens is 271 g/mol. The summed E-state index contributed by atoms with van der Waals surface area (Å²) in [4.78, 5) is 12.2. The second-order valence-corrected chi connectivity index (χ2v) is 4.75. The van der Waals surface area contributed by atoms with Crippen molar-refractivity contribution in [1.82, 2.24) is 15.1 Å². The average Bonchev–Trinajstić information content (AvgIpc) is 2.89. The van der Waals surface area contributed by atoms with Crippen LogP contribution >= 0.6 is 0 Å². The van der Waals surface area contributed by atoms with Crippen molar-refractivity contribution < 1.29 is 9.18 Å². The van der Waals surface area contributed by atoms with Crippen molar-refractivity contribution in [2.24, 2.45) is 7.05 Å². The first kappa shape index (κ1) is 15.0. The lowest BCUT2D eigenvalue weighted by Gasteiger charge is -2.12. The minimum absolute atomic E-state index is 0.248. The highest BCUT2D eigenvalue weighted by Gasteiger charge is 2.14. The minimum atomic E-state index is -0.422. The van der Waals surface area contributed by atoms with E-state index < -0.39 is 5.82 Å². The molecule has 0 saturated carbocycles. The van der Waals surface area contributed by atoms with Crippen molar-refractivity contribution in [2.75, 3.05) is 11.9 Å². The number of nitrogens with zero attached hydrogens (tertiary/aromatic N) is 2. The fourth-order valence-electron chi connectivity index (χ4n) is 1.97. The third-order valence-corrected chi connectivity index (χ3v) is 3.01. The van der Waals surface area contributed by atoms with Crippen LogP contribution in [0.15, 0.2) is 30.5 Å². The van der Waals surface area contributed by atoms with Crippen LogP contribution in [0.25, 0.3) is 0 Å². The van der Waals surface area contributed by atoms with Crippen LogP contribution in [0, 0.1) is 5.82 Å². The van der Waals surface area contributed by atoms with E-state index in [0.717, 1.165) is 12.1 Å². The number of amides is 1. The van der Waals surface area contributed by atoms with Crippen LogP contribution in [0.1, 0.15) is 29.4 Å². The number of carbonyl (C=O) groups is 1. The maximum atomic E-state index is 13.8. The normalized spacial score (nSPS) is 10.4. The molecule has 0 fully saturated rings. The molecular formula is C15H19FN4O. The number of halogens is 1. The summed E-state index contributed by atoms with van der Waals surface area (Å²) in [5.41, 5.74) is 1.31. The van der Waals surface area contributed by atoms with Crippen LogP contribution in [0.4, 0.5) is 10.1 Å². The van der Waals surface area contributed by atoms with Crippen molar-refractivity contribution >= 4 is 11.6 Å². The van der Waals surface area contributed by atoms with E-state index in [2.05, 4.69) is 15.7 Å². The minimum Gasteiger partial charge on any atom is -0.382 e. The molecule has 1 aromatic heterocycles. The Bertz CT molecular complexity index is 624. The Balaban J connectivity index is 2.09. The molecule has 5 nitrogen and oxygen atoms in total. The Hall–Kier alpha value is -2.37. The summed E-state index contributed by atoms with van der Waals surface area (Å²) in [6, 6.07) is 6.30. The molecule has 112 valence electrons. The van der Waals surface area contributed by atoms with Gasteiger partial charge < -0.3 is 10.6 Å². The first-order chi connectivity index (χ1) is 10.1. The Morgan fingerprint density at radius 1 is 1.38 bits per heavy atom. The van der Waals surface area contributed by atoms with Gasteiger partial charge in [-0.05, 0) is 24.6 Å². The van der Waals surface area contributed by atoms with E-state index in [0.29, 0.717) is 18.7 Å². The van der Waals surface area contributed by atoms with Crippen LogP contribution in [0.3, 0.4) is 0 Å². The lowest BCUT2D eigenvalue weighted by Crippen LogP contribution is -2.24. The summed E-state index contributed by atoms with van der Waals surface area (Å²) >= 11 is 0. The van der Waals surface area contributed by atoms with Gasteiger partial charge in [0, 0.05) is 19.8 Å². The Morgan fingerprint density at radius 2 is 2.19 bits per heavy atom. The second kappa shape index (κ2) is 6.88. The number of rotatable bonds is 6. The molecule has 0 spiro atoms. The van der Waals surface area contributed by atoms with Gasteiger partial charge in [0.25, 0.3) is 5.91 Å². The average molecular weight is 290 g/mol. The van der Waals surface area contributed by atoms with Gasteiger partial charge in [0.05, 0.1) is 23.5 Å². The Morgan fingerprint density at radius 3 is 2.86 bits per heavy atom. The summed E-state index contributed by atoms with van der Waals surface area (Å²) in [5.74, 6) is -0.743. The molecule has 0 atom stereocenters. The summed E-state index contributed by atoms with van der Waals surface area (Å²) in [6.45, 7) is 2.90. The van der Waals surface area contributed by atoms with Gasteiger partial charge in [-0.3, -0.25) is 9.48 Å². The first-order valence-corrected chi connectivity index (χ1v) is 6.91. The molecule has 2 rings (SSSR count). The van der Waals surface area contributed by atoms with E-state index in [1.807, 2.05) is 20.0 Å². The summed E-state index contributed by atoms with van der Waals surface area (Å²) in [6.07, 6.45) is 2.65. The number of hydrogen-bond acceptors (Lipinski definition) is 3. The van der Waals surface area contributed by atoms with E-state index in [1.165, 1.54) is 12.1 Å². The molecule has 0 radical (unpaired) electrons. The SMILES string of the molecule is CCCNc1c(F)cccc1C(=O)NCc1ccn(C)n1. The van der Waals surface area contributed by atoms with E-state index in [-0.39, 0.29) is 11.6 Å². The number of nitrogens with one attached hydrogen (secondary N) is 2. The van der Waals surface area contributed by atoms with Gasteiger partial charge in [-0.15, -0.1) is 0 Å². The molecule has 1 amide bonds. The smallest absolute Gasteiger partial charge is 0.253 e. The topological polar surface area (TPSA) is 59.0 Å². The highest BCUT2D eigenvalue weighted by atomic mass is 19.1. The van der Waals surface area contributed by atoms with Crippen molar-refractivity contribution in [3.8, 4) is 0 Å². The van der Waals surface area contributed by atoms with Crippen molar-refractivity contribution in [2.45, 2.75) is 19.9 Å². The second-order valence-electron chi connectivity index (χ2n) is 4.75. The van der Waals surface area contributed by atoms with Crippen molar-refractivity contribution in [3.05, 3.63) is 47.5 Å². The first-order valence-electron chi connectivity index (χ1n) is 6.91. The third-order valence-electron chi connectivity index (χ3n) is 3.01. The monoisotopic (exact) mass is 290 g/mol. The summed E-state index contributed by atoms with van der Waals surface area (Å²) in [7, 11) is 1.81. The maximum Gasteiger partial charge on any atom is 0.253 e. The molecule has 1 aromatic carbocycles. The van der Waals surface area contributed by atoms with Crippen LogP contribution in [-0.2, 0) is 13.6 Å². The number of carbonyl (C=O) groups excluding carboxylic acids is 1. The zero-order valence-electron chi connectivity index (χ0n) is 12.2. The van der Waals surface area contributed by atoms with E-state index >= 15 is 0 Å². The van der Waals surface area contributed by atoms with Crippen molar-refractivity contribution in [3.63, 3.8) is 0 Å². The number of aryl methyl sites for hydroxylation is 1. The van der Waals surface area contributed by atoms with Gasteiger partial charge in [-0.25, -0.2) is 4.39 Å². The fourth-order valence-corrected chi connectivity index (χ4v) is 1.97. The molecule has 0 aliphatic carbocycles. The standard InChI is InChI=1S/C15H19FN4O/c1-3-8-17-14-12(5-4-6-13(14)16)15(21)18-10-11-7-9-20(2)19-11/h4-7,9,17H,3,8,10H2,1-2H3,(H,18,21). The largest absolute Gasteiger partial charge is 0.382 e. The molecule has 1 heterocycles. The number of anilines is 1. The zero-order chi connectivity index (χ0) is 15.2. The van der Waals surface area contributed by atoms with Gasteiger partial charge in [-0.1, -0.05) is 13.0 Å². The lowest BCUT2D eigenvalue weighted by molar-refractivity contribution is 0.0950. The highest BCUT2D eigenvalue weighted by molar-refractivity contribution is 5.99. The van der Waals surface area contributed by atoms with Crippen LogP contribution in [0.2, 0.25) is 0 Å². The van der Waals surface area contributed by atoms with Gasteiger partial charge in [0.15, 0.2) is 0 Å². The van der Waals surface area contributed by atoms with Gasteiger partial charge in [0.2, 0.25) is 0 Å². The van der Waals surface area contributed by atoms with E-state index in [4.69, 9.17) is 0 Å². The molecule has 0 aliphatic rings. The van der Waals surface area contributed by atoms with Gasteiger partial charge in [-0.2, -0.15) is 5.10 Å². The molecule has 6 heteroatoms. The molecule has 21 heavy (non-hydrogen) atoms. The molecule has 0 bridgehead atoms. The maximum absolute atomic E-state index is 13.8. The molecule has 2 N–H and O–H groups in total. The predicted octanol–water partition coefficient (Wildman–Crippen LogP) is 2.31. The van der Waals surface area contributed by atoms with E-state index in [9.17, 15) is 9.18 Å². The molecule has 0 saturated heterocycles. The number of aromatic nitrogens is 2.